The number of halogens is 3. The number of carbonyl (C=O) groups excluding carboxylic acids is 1. The number of morpholine rings is 1. The van der Waals surface area contributed by atoms with E-state index in [9.17, 15) is 18.0 Å². The first-order chi connectivity index (χ1) is 11.9. The van der Waals surface area contributed by atoms with Crippen molar-refractivity contribution in [3.63, 3.8) is 0 Å². The summed E-state index contributed by atoms with van der Waals surface area (Å²) in [5.41, 5.74) is -1.05. The standard InChI is InChI=1S/C15H14F3N3O3S/c16-15(17,18)12-8-10(11-2-1-5-24-11)19-14(20-12)25-9-13(22)21-3-6-23-7-4-21/h1-2,5,8H,3-4,6-7,9H2. The number of aromatic nitrogens is 2. The van der Waals surface area contributed by atoms with Gasteiger partial charge in [0.25, 0.3) is 0 Å². The summed E-state index contributed by atoms with van der Waals surface area (Å²) in [6, 6.07) is 3.89. The maximum Gasteiger partial charge on any atom is 0.433 e. The molecule has 10 heteroatoms. The maximum atomic E-state index is 13.1. The van der Waals surface area contributed by atoms with Gasteiger partial charge in [0, 0.05) is 13.1 Å². The van der Waals surface area contributed by atoms with Gasteiger partial charge < -0.3 is 14.1 Å². The molecule has 1 aliphatic rings. The summed E-state index contributed by atoms with van der Waals surface area (Å²) in [6.07, 6.45) is -3.27. The fourth-order valence-electron chi connectivity index (χ4n) is 2.22. The summed E-state index contributed by atoms with van der Waals surface area (Å²) in [6.45, 7) is 1.86. The molecule has 2 aromatic heterocycles. The van der Waals surface area contributed by atoms with Crippen molar-refractivity contribution in [3.8, 4) is 11.5 Å². The van der Waals surface area contributed by atoms with Crippen molar-refractivity contribution < 1.29 is 27.1 Å². The number of rotatable bonds is 4. The van der Waals surface area contributed by atoms with E-state index in [0.29, 0.717) is 26.3 Å². The minimum Gasteiger partial charge on any atom is -0.463 e. The van der Waals surface area contributed by atoms with Gasteiger partial charge >= 0.3 is 6.18 Å². The molecule has 0 aromatic carbocycles. The van der Waals surface area contributed by atoms with Crippen LogP contribution in [0.2, 0.25) is 0 Å². The lowest BCUT2D eigenvalue weighted by Gasteiger charge is -2.26. The van der Waals surface area contributed by atoms with E-state index in [0.717, 1.165) is 17.8 Å². The third kappa shape index (κ3) is 4.51. The van der Waals surface area contributed by atoms with Crippen molar-refractivity contribution >= 4 is 17.7 Å². The van der Waals surface area contributed by atoms with Gasteiger partial charge in [0.2, 0.25) is 5.91 Å². The van der Waals surface area contributed by atoms with E-state index in [1.807, 2.05) is 0 Å². The minimum atomic E-state index is -4.62. The highest BCUT2D eigenvalue weighted by Crippen LogP contribution is 2.32. The number of hydrogen-bond acceptors (Lipinski definition) is 6. The van der Waals surface area contributed by atoms with Gasteiger partial charge in [-0.25, -0.2) is 9.97 Å². The number of thioether (sulfide) groups is 1. The van der Waals surface area contributed by atoms with Crippen LogP contribution in [-0.2, 0) is 15.7 Å². The third-order valence-corrected chi connectivity index (χ3v) is 4.29. The van der Waals surface area contributed by atoms with E-state index in [1.165, 1.54) is 12.3 Å². The van der Waals surface area contributed by atoms with E-state index in [4.69, 9.17) is 9.15 Å². The molecule has 0 N–H and O–H groups in total. The molecule has 0 bridgehead atoms. The average Bonchev–Trinajstić information content (AvgIpc) is 3.14. The number of alkyl halides is 3. The van der Waals surface area contributed by atoms with Gasteiger partial charge in [0.05, 0.1) is 25.2 Å². The monoisotopic (exact) mass is 373 g/mol. The quantitative estimate of drug-likeness (QED) is 0.606. The van der Waals surface area contributed by atoms with E-state index >= 15 is 0 Å². The summed E-state index contributed by atoms with van der Waals surface area (Å²) in [7, 11) is 0. The van der Waals surface area contributed by atoms with Crippen LogP contribution in [0, 0.1) is 0 Å². The van der Waals surface area contributed by atoms with Crippen molar-refractivity contribution in [2.45, 2.75) is 11.3 Å². The second-order valence-electron chi connectivity index (χ2n) is 5.18. The van der Waals surface area contributed by atoms with Gasteiger partial charge in [0.1, 0.15) is 11.4 Å². The molecule has 25 heavy (non-hydrogen) atoms. The van der Waals surface area contributed by atoms with Gasteiger partial charge in [0.15, 0.2) is 10.9 Å². The zero-order valence-electron chi connectivity index (χ0n) is 13.0. The molecule has 0 aliphatic carbocycles. The van der Waals surface area contributed by atoms with Crippen LogP contribution in [0.15, 0.2) is 34.0 Å². The van der Waals surface area contributed by atoms with Crippen molar-refractivity contribution in [2.24, 2.45) is 0 Å². The number of carbonyl (C=O) groups is 1. The molecule has 3 rings (SSSR count). The Labute approximate surface area is 145 Å². The zero-order chi connectivity index (χ0) is 17.9. The highest BCUT2D eigenvalue weighted by atomic mass is 32.2. The van der Waals surface area contributed by atoms with Crippen LogP contribution in [0.25, 0.3) is 11.5 Å². The number of amides is 1. The van der Waals surface area contributed by atoms with Crippen LogP contribution in [0.1, 0.15) is 5.69 Å². The summed E-state index contributed by atoms with van der Waals surface area (Å²) in [5.74, 6) is -0.0260. The first kappa shape index (κ1) is 17.7. The van der Waals surface area contributed by atoms with Crippen LogP contribution in [-0.4, -0.2) is 52.8 Å². The van der Waals surface area contributed by atoms with E-state index in [-0.39, 0.29) is 28.3 Å². The summed E-state index contributed by atoms with van der Waals surface area (Å²) >= 11 is 0.868. The molecular formula is C15H14F3N3O3S. The molecular weight excluding hydrogens is 359 g/mol. The van der Waals surface area contributed by atoms with Gasteiger partial charge in [-0.2, -0.15) is 13.2 Å². The Kier molecular flexibility index (Phi) is 5.28. The van der Waals surface area contributed by atoms with Gasteiger partial charge in [-0.3, -0.25) is 4.79 Å². The van der Waals surface area contributed by atoms with Gasteiger partial charge in [-0.15, -0.1) is 0 Å². The molecule has 0 unspecified atom stereocenters. The van der Waals surface area contributed by atoms with Crippen molar-refractivity contribution in [1.82, 2.24) is 14.9 Å². The van der Waals surface area contributed by atoms with Crippen LogP contribution in [0.4, 0.5) is 13.2 Å². The van der Waals surface area contributed by atoms with Gasteiger partial charge in [-0.05, 0) is 18.2 Å². The Balaban J connectivity index is 1.78. The van der Waals surface area contributed by atoms with Crippen molar-refractivity contribution in [1.29, 1.82) is 0 Å². The minimum absolute atomic E-state index is 0.0219. The Morgan fingerprint density at radius 3 is 2.68 bits per heavy atom. The molecule has 0 radical (unpaired) electrons. The predicted molar refractivity (Wildman–Crippen MR) is 82.9 cm³/mol. The topological polar surface area (TPSA) is 68.5 Å². The maximum absolute atomic E-state index is 13.1. The second kappa shape index (κ2) is 7.44. The normalized spacial score (nSPS) is 15.4. The van der Waals surface area contributed by atoms with Gasteiger partial charge in [-0.1, -0.05) is 11.8 Å². The summed E-state index contributed by atoms with van der Waals surface area (Å²) in [5, 5.41) is -0.122. The first-order valence-electron chi connectivity index (χ1n) is 7.42. The SMILES string of the molecule is O=C(CSc1nc(-c2ccco2)cc(C(F)(F)F)n1)N1CCOCC1. The van der Waals surface area contributed by atoms with Crippen LogP contribution < -0.4 is 0 Å². The number of ether oxygens (including phenoxy) is 1. The Morgan fingerprint density at radius 1 is 1.28 bits per heavy atom. The van der Waals surface area contributed by atoms with Crippen molar-refractivity contribution in [2.75, 3.05) is 32.1 Å². The molecule has 0 atom stereocenters. The van der Waals surface area contributed by atoms with E-state index in [1.54, 1.807) is 11.0 Å². The highest BCUT2D eigenvalue weighted by Gasteiger charge is 2.34. The van der Waals surface area contributed by atoms with E-state index in [2.05, 4.69) is 9.97 Å². The van der Waals surface area contributed by atoms with Crippen LogP contribution >= 0.6 is 11.8 Å². The lowest BCUT2D eigenvalue weighted by molar-refractivity contribution is -0.141. The Morgan fingerprint density at radius 2 is 2.04 bits per heavy atom. The lowest BCUT2D eigenvalue weighted by Crippen LogP contribution is -2.41. The molecule has 3 heterocycles. The molecule has 1 aliphatic heterocycles. The highest BCUT2D eigenvalue weighted by molar-refractivity contribution is 7.99. The lowest BCUT2D eigenvalue weighted by atomic mass is 10.2. The third-order valence-electron chi connectivity index (χ3n) is 3.46. The fourth-order valence-corrected chi connectivity index (χ4v) is 2.98. The number of furan rings is 1. The smallest absolute Gasteiger partial charge is 0.433 e. The molecule has 1 saturated heterocycles. The fraction of sp³-hybridized carbons (Fsp3) is 0.400. The summed E-state index contributed by atoms with van der Waals surface area (Å²) in [4.78, 5) is 21.3. The average molecular weight is 373 g/mol. The number of hydrogen-bond donors (Lipinski definition) is 0. The molecule has 0 saturated carbocycles. The van der Waals surface area contributed by atoms with Crippen molar-refractivity contribution in [3.05, 3.63) is 30.2 Å². The zero-order valence-corrected chi connectivity index (χ0v) is 13.8. The largest absolute Gasteiger partial charge is 0.463 e. The molecule has 134 valence electrons. The predicted octanol–water partition coefficient (Wildman–Crippen LogP) is 2.71. The second-order valence-corrected chi connectivity index (χ2v) is 6.12. The van der Waals surface area contributed by atoms with E-state index < -0.39 is 11.9 Å². The Bertz CT molecular complexity index is 731. The molecule has 1 amide bonds. The molecule has 1 fully saturated rings. The molecule has 2 aromatic rings. The van der Waals surface area contributed by atoms with Crippen LogP contribution in [0.3, 0.4) is 0 Å². The first-order valence-corrected chi connectivity index (χ1v) is 8.40. The summed E-state index contributed by atoms with van der Waals surface area (Å²) < 4.78 is 49.4. The Hall–Kier alpha value is -2.07. The van der Waals surface area contributed by atoms with Crippen LogP contribution in [0.5, 0.6) is 0 Å². The molecule has 6 nitrogen and oxygen atoms in total. The molecule has 0 spiro atoms. The number of nitrogens with zero attached hydrogens (tertiary/aromatic N) is 3.